The molecule has 0 saturated heterocycles. The number of aromatic nitrogens is 1. The number of ketones is 1. The maximum absolute atomic E-state index is 13.9. The number of fused-ring (bicyclic) bond motifs is 1. The van der Waals surface area contributed by atoms with Crippen LogP contribution in [-0.2, 0) is 0 Å². The van der Waals surface area contributed by atoms with Crippen LogP contribution in [0.2, 0.25) is 0 Å². The number of hydrogen-bond acceptors (Lipinski definition) is 6. The van der Waals surface area contributed by atoms with E-state index in [2.05, 4.69) is 4.98 Å². The Morgan fingerprint density at radius 2 is 1.96 bits per heavy atom. The third kappa shape index (κ3) is 2.50. The molecule has 2 N–H and O–H groups in total. The van der Waals surface area contributed by atoms with Crippen LogP contribution in [0.4, 0.5) is 17.6 Å². The Hall–Kier alpha value is -2.68. The molecular formula is C15H8F4N2O4S. The number of halogens is 4. The van der Waals surface area contributed by atoms with Crippen LogP contribution in [0, 0.1) is 11.3 Å². The number of carbonyl (C=O) groups is 1. The van der Waals surface area contributed by atoms with Gasteiger partial charge in [0.05, 0.1) is 27.8 Å². The quantitative estimate of drug-likeness (QED) is 0.746. The number of rotatable bonds is 3. The lowest BCUT2D eigenvalue weighted by molar-refractivity contribution is 0.0506. The number of Topliss-reactive ketones (excluding diaryl/α,β-unsaturated/α-hetero) is 1. The normalized spacial score (nSPS) is 18.3. The summed E-state index contributed by atoms with van der Waals surface area (Å²) in [5.74, 6) is -2.90. The second-order valence-corrected chi connectivity index (χ2v) is 7.22. The van der Waals surface area contributed by atoms with Gasteiger partial charge in [-0.2, -0.15) is 14.0 Å². The molecular weight excluding hydrogens is 380 g/mol. The molecule has 0 radical (unpaired) electrons. The topological polar surface area (TPSA) is 103 Å². The van der Waals surface area contributed by atoms with E-state index in [1.54, 1.807) is 6.07 Å². The second-order valence-electron chi connectivity index (χ2n) is 5.17. The highest BCUT2D eigenvalue weighted by Gasteiger charge is 2.62. The van der Waals surface area contributed by atoms with Crippen molar-refractivity contribution in [2.24, 2.45) is 0 Å². The fraction of sp³-hybridized carbons (Fsp3) is 0.133. The fourth-order valence-electron chi connectivity index (χ4n) is 2.43. The van der Waals surface area contributed by atoms with Crippen LogP contribution < -0.4 is 4.74 Å². The summed E-state index contributed by atoms with van der Waals surface area (Å²) in [5.41, 5.74) is -2.31. The Bertz CT molecular complexity index is 959. The van der Waals surface area contributed by atoms with Crippen LogP contribution in [0.25, 0.3) is 0 Å². The van der Waals surface area contributed by atoms with Crippen molar-refractivity contribution in [3.8, 4) is 17.6 Å². The van der Waals surface area contributed by atoms with Crippen molar-refractivity contribution in [2.75, 3.05) is 0 Å². The summed E-state index contributed by atoms with van der Waals surface area (Å²) in [7, 11) is -4.92. The Balaban J connectivity index is 2.17. The molecule has 3 rings (SSSR count). The number of nitriles is 1. The summed E-state index contributed by atoms with van der Waals surface area (Å²) in [4.78, 5) is 14.6. The van der Waals surface area contributed by atoms with Crippen molar-refractivity contribution >= 4 is 16.4 Å². The largest absolute Gasteiger partial charge is 0.455 e. The van der Waals surface area contributed by atoms with E-state index < -0.39 is 49.8 Å². The predicted molar refractivity (Wildman–Crippen MR) is 80.8 cm³/mol. The average Bonchev–Trinajstić information content (AvgIpc) is 2.72. The molecule has 0 saturated carbocycles. The molecule has 2 aromatic rings. The van der Waals surface area contributed by atoms with E-state index in [9.17, 15) is 31.5 Å². The van der Waals surface area contributed by atoms with E-state index in [4.69, 9.17) is 10.00 Å². The molecule has 1 aromatic heterocycles. The van der Waals surface area contributed by atoms with Crippen LogP contribution in [0.1, 0.15) is 27.9 Å². The number of carbonyl (C=O) groups excluding carboxylic acids is 1. The van der Waals surface area contributed by atoms with Gasteiger partial charge in [-0.1, -0.05) is 10.6 Å². The van der Waals surface area contributed by atoms with Crippen molar-refractivity contribution in [3.05, 3.63) is 47.3 Å². The van der Waals surface area contributed by atoms with Crippen molar-refractivity contribution < 1.29 is 36.2 Å². The lowest BCUT2D eigenvalue weighted by Gasteiger charge is -2.32. The molecule has 0 unspecified atom stereocenters. The molecule has 6 nitrogen and oxygen atoms in total. The molecule has 0 fully saturated rings. The molecule has 136 valence electrons. The lowest BCUT2D eigenvalue weighted by Crippen LogP contribution is -2.28. The van der Waals surface area contributed by atoms with E-state index in [-0.39, 0.29) is 11.3 Å². The maximum Gasteiger partial charge on any atom is 0.405 e. The Morgan fingerprint density at radius 3 is 2.58 bits per heavy atom. The summed E-state index contributed by atoms with van der Waals surface area (Å²) in [6.45, 7) is 0. The standard InChI is InChI=1S/C15H8F4N2O4S/c16-14(17)11-9(25-8-3-7(4-20)5-21-6-8)1-2-10-12(11)13(22)15(18,19)26(10,23)24/h1-3,5-6,14,23-24H. The van der Waals surface area contributed by atoms with Crippen molar-refractivity contribution in [3.63, 3.8) is 0 Å². The van der Waals surface area contributed by atoms with Crippen LogP contribution >= 0.6 is 10.6 Å². The first-order valence-corrected chi connectivity index (χ1v) is 8.34. The van der Waals surface area contributed by atoms with Crippen LogP contribution in [0.15, 0.2) is 35.5 Å². The summed E-state index contributed by atoms with van der Waals surface area (Å²) >= 11 is 0. The SMILES string of the molecule is N#Cc1cncc(Oc2ccc3c(c2C(F)F)C(=O)C(F)(F)S3(O)O)c1. The molecule has 0 amide bonds. The first kappa shape index (κ1) is 18.1. The van der Waals surface area contributed by atoms with E-state index >= 15 is 0 Å². The summed E-state index contributed by atoms with van der Waals surface area (Å²) in [5, 5.41) is 4.19. The molecule has 1 aliphatic heterocycles. The highest BCUT2D eigenvalue weighted by atomic mass is 32.3. The van der Waals surface area contributed by atoms with Gasteiger partial charge in [0.2, 0.25) is 0 Å². The number of hydrogen-bond donors (Lipinski definition) is 2. The van der Waals surface area contributed by atoms with Gasteiger partial charge >= 0.3 is 5.25 Å². The first-order valence-electron chi connectivity index (χ1n) is 6.79. The van der Waals surface area contributed by atoms with Crippen LogP contribution in [0.3, 0.4) is 0 Å². The molecule has 26 heavy (non-hydrogen) atoms. The Labute approximate surface area is 145 Å². The highest BCUT2D eigenvalue weighted by Crippen LogP contribution is 2.69. The maximum atomic E-state index is 13.9. The summed E-state index contributed by atoms with van der Waals surface area (Å²) < 4.78 is 79.2. The molecule has 0 spiro atoms. The minimum Gasteiger partial charge on any atom is -0.455 e. The summed E-state index contributed by atoms with van der Waals surface area (Å²) in [6.07, 6.45) is -1.14. The van der Waals surface area contributed by atoms with Gasteiger partial charge in [-0.25, -0.2) is 8.78 Å². The smallest absolute Gasteiger partial charge is 0.405 e. The van der Waals surface area contributed by atoms with Gasteiger partial charge in [0, 0.05) is 12.3 Å². The zero-order valence-corrected chi connectivity index (χ0v) is 13.3. The lowest BCUT2D eigenvalue weighted by atomic mass is 10.0. The zero-order valence-electron chi connectivity index (χ0n) is 12.5. The van der Waals surface area contributed by atoms with Crippen LogP contribution in [-0.4, -0.2) is 25.1 Å². The second kappa shape index (κ2) is 5.94. The zero-order chi connectivity index (χ0) is 19.3. The third-order valence-corrected chi connectivity index (χ3v) is 5.46. The third-order valence-electron chi connectivity index (χ3n) is 3.61. The molecule has 2 heterocycles. The minimum atomic E-state index is -4.92. The van der Waals surface area contributed by atoms with Gasteiger partial charge in [0.25, 0.3) is 12.2 Å². The Kier molecular flexibility index (Phi) is 4.14. The van der Waals surface area contributed by atoms with Gasteiger partial charge < -0.3 is 4.74 Å². The highest BCUT2D eigenvalue weighted by molar-refractivity contribution is 8.26. The molecule has 1 aromatic carbocycles. The molecule has 0 bridgehead atoms. The molecule has 1 aliphatic rings. The average molecular weight is 388 g/mol. The number of benzene rings is 1. The van der Waals surface area contributed by atoms with E-state index in [0.717, 1.165) is 18.3 Å². The van der Waals surface area contributed by atoms with E-state index in [0.29, 0.717) is 0 Å². The predicted octanol–water partition coefficient (Wildman–Crippen LogP) is 4.58. The molecule has 0 aliphatic carbocycles. The monoisotopic (exact) mass is 388 g/mol. The molecule has 11 heteroatoms. The van der Waals surface area contributed by atoms with E-state index in [1.165, 1.54) is 12.3 Å². The van der Waals surface area contributed by atoms with Gasteiger partial charge in [0.1, 0.15) is 17.6 Å². The van der Waals surface area contributed by atoms with Gasteiger partial charge in [-0.3, -0.25) is 18.9 Å². The molecule has 0 atom stereocenters. The number of ether oxygens (including phenoxy) is 1. The fourth-order valence-corrected chi connectivity index (χ4v) is 3.81. The number of pyridine rings is 1. The number of nitrogens with zero attached hydrogens (tertiary/aromatic N) is 2. The van der Waals surface area contributed by atoms with Gasteiger partial charge in [0.15, 0.2) is 0 Å². The van der Waals surface area contributed by atoms with E-state index in [1.807, 2.05) is 0 Å². The van der Waals surface area contributed by atoms with Crippen LogP contribution in [0.5, 0.6) is 11.5 Å². The van der Waals surface area contributed by atoms with Crippen molar-refractivity contribution in [1.29, 1.82) is 5.26 Å². The van der Waals surface area contributed by atoms with Gasteiger partial charge in [-0.15, -0.1) is 0 Å². The minimum absolute atomic E-state index is 0.0547. The summed E-state index contributed by atoms with van der Waals surface area (Å²) in [6, 6.07) is 4.47. The van der Waals surface area contributed by atoms with Crippen molar-refractivity contribution in [2.45, 2.75) is 16.6 Å². The van der Waals surface area contributed by atoms with Crippen molar-refractivity contribution in [1.82, 2.24) is 4.98 Å². The Morgan fingerprint density at radius 1 is 1.27 bits per heavy atom. The first-order chi connectivity index (χ1) is 12.1. The van der Waals surface area contributed by atoms with Gasteiger partial charge in [-0.05, 0) is 12.1 Å². The number of alkyl halides is 4.